The van der Waals surface area contributed by atoms with E-state index in [4.69, 9.17) is 14.2 Å². The summed E-state index contributed by atoms with van der Waals surface area (Å²) >= 11 is 1.60. The van der Waals surface area contributed by atoms with Gasteiger partial charge in [-0.2, -0.15) is 0 Å². The highest BCUT2D eigenvalue weighted by Crippen LogP contribution is 2.41. The third-order valence-electron chi connectivity index (χ3n) is 2.67. The Morgan fingerprint density at radius 1 is 1.35 bits per heavy atom. The van der Waals surface area contributed by atoms with Crippen molar-refractivity contribution in [3.63, 3.8) is 0 Å². The Bertz CT molecular complexity index is 521. The van der Waals surface area contributed by atoms with E-state index in [-0.39, 0.29) is 12.8 Å². The first-order valence-corrected chi connectivity index (χ1v) is 6.12. The average Bonchev–Trinajstić information content (AvgIpc) is 2.81. The molecule has 3 rings (SSSR count). The molecule has 0 bridgehead atoms. The smallest absolute Gasteiger partial charge is 0.334 e. The van der Waals surface area contributed by atoms with Gasteiger partial charge in [-0.25, -0.2) is 4.79 Å². The molecular weight excluding hydrogens is 240 g/mol. The summed E-state index contributed by atoms with van der Waals surface area (Å²) in [7, 11) is 1.39. The van der Waals surface area contributed by atoms with Crippen molar-refractivity contribution >= 4 is 23.8 Å². The van der Waals surface area contributed by atoms with Gasteiger partial charge < -0.3 is 14.2 Å². The fraction of sp³-hybridized carbons (Fsp3) is 0.250. The highest BCUT2D eigenvalue weighted by molar-refractivity contribution is 7.99. The second-order valence-electron chi connectivity index (χ2n) is 3.69. The van der Waals surface area contributed by atoms with E-state index < -0.39 is 0 Å². The molecule has 0 unspecified atom stereocenters. The van der Waals surface area contributed by atoms with Crippen molar-refractivity contribution < 1.29 is 19.0 Å². The lowest BCUT2D eigenvalue weighted by Crippen LogP contribution is -2.09. The molecule has 0 saturated carbocycles. The number of benzene rings is 1. The van der Waals surface area contributed by atoms with Crippen molar-refractivity contribution in [2.24, 2.45) is 0 Å². The van der Waals surface area contributed by atoms with Crippen molar-refractivity contribution in [1.29, 1.82) is 0 Å². The molecule has 88 valence electrons. The van der Waals surface area contributed by atoms with Gasteiger partial charge in [0, 0.05) is 16.2 Å². The molecule has 2 heterocycles. The molecule has 17 heavy (non-hydrogen) atoms. The molecule has 0 amide bonds. The number of ether oxygens (including phenoxy) is 3. The quantitative estimate of drug-likeness (QED) is 0.714. The standard InChI is InChI=1S/C12H10O4S/c1-14-12(13)8-2-7-3-9-10(16-6-15-9)4-11(7)17-5-8/h2-4H,5-6H2,1H3. The minimum absolute atomic E-state index is 0.260. The van der Waals surface area contributed by atoms with Crippen LogP contribution in [0, 0.1) is 0 Å². The lowest BCUT2D eigenvalue weighted by molar-refractivity contribution is -0.135. The van der Waals surface area contributed by atoms with Crippen LogP contribution in [0.15, 0.2) is 22.6 Å². The Labute approximate surface area is 103 Å². The van der Waals surface area contributed by atoms with Crippen LogP contribution in [0.5, 0.6) is 11.5 Å². The van der Waals surface area contributed by atoms with Gasteiger partial charge in [-0.05, 0) is 23.8 Å². The van der Waals surface area contributed by atoms with E-state index in [0.29, 0.717) is 11.3 Å². The minimum atomic E-state index is -0.277. The topological polar surface area (TPSA) is 44.8 Å². The van der Waals surface area contributed by atoms with Gasteiger partial charge in [-0.1, -0.05) is 0 Å². The number of rotatable bonds is 1. The predicted octanol–water partition coefficient (Wildman–Crippen LogP) is 2.08. The van der Waals surface area contributed by atoms with Gasteiger partial charge in [0.25, 0.3) is 0 Å². The highest BCUT2D eigenvalue weighted by Gasteiger charge is 2.22. The fourth-order valence-corrected chi connectivity index (χ4v) is 2.80. The van der Waals surface area contributed by atoms with Crippen molar-refractivity contribution in [2.45, 2.75) is 4.90 Å². The van der Waals surface area contributed by atoms with Crippen LogP contribution in [0.3, 0.4) is 0 Å². The van der Waals surface area contributed by atoms with Crippen molar-refractivity contribution in [3.8, 4) is 11.5 Å². The first-order valence-electron chi connectivity index (χ1n) is 5.13. The summed E-state index contributed by atoms with van der Waals surface area (Å²) in [6, 6.07) is 3.85. The first-order chi connectivity index (χ1) is 8.28. The second kappa shape index (κ2) is 4.00. The van der Waals surface area contributed by atoms with Crippen LogP contribution in [-0.4, -0.2) is 25.6 Å². The lowest BCUT2D eigenvalue weighted by Gasteiger charge is -2.15. The van der Waals surface area contributed by atoms with E-state index in [1.165, 1.54) is 7.11 Å². The van der Waals surface area contributed by atoms with Crippen LogP contribution in [0.4, 0.5) is 0 Å². The molecule has 0 spiro atoms. The predicted molar refractivity (Wildman–Crippen MR) is 63.3 cm³/mol. The molecule has 0 atom stereocenters. The van der Waals surface area contributed by atoms with E-state index in [2.05, 4.69) is 0 Å². The van der Waals surface area contributed by atoms with E-state index in [1.54, 1.807) is 11.8 Å². The highest BCUT2D eigenvalue weighted by atomic mass is 32.2. The minimum Gasteiger partial charge on any atom is -0.466 e. The zero-order valence-electron chi connectivity index (χ0n) is 9.19. The number of hydrogen-bond donors (Lipinski definition) is 0. The van der Waals surface area contributed by atoms with Gasteiger partial charge in [-0.3, -0.25) is 0 Å². The maximum absolute atomic E-state index is 11.5. The number of thioether (sulfide) groups is 1. The van der Waals surface area contributed by atoms with Crippen LogP contribution < -0.4 is 9.47 Å². The summed E-state index contributed by atoms with van der Waals surface area (Å²) in [5.41, 5.74) is 1.65. The number of methoxy groups -OCH3 is 1. The normalized spacial score (nSPS) is 16.2. The van der Waals surface area contributed by atoms with Gasteiger partial charge in [0.1, 0.15) is 0 Å². The molecule has 1 aromatic rings. The molecule has 0 saturated heterocycles. The van der Waals surface area contributed by atoms with Crippen molar-refractivity contribution in [3.05, 3.63) is 23.3 Å². The monoisotopic (exact) mass is 250 g/mol. The molecular formula is C12H10O4S. The largest absolute Gasteiger partial charge is 0.466 e. The Hall–Kier alpha value is -1.62. The van der Waals surface area contributed by atoms with Crippen molar-refractivity contribution in [1.82, 2.24) is 0 Å². The van der Waals surface area contributed by atoms with E-state index in [0.717, 1.165) is 22.0 Å². The number of fused-ring (bicyclic) bond motifs is 2. The Balaban J connectivity index is 2.02. The summed E-state index contributed by atoms with van der Waals surface area (Å²) in [4.78, 5) is 12.5. The number of carbonyl (C=O) groups is 1. The number of esters is 1. The molecule has 0 aromatic heterocycles. The third kappa shape index (κ3) is 1.76. The van der Waals surface area contributed by atoms with E-state index >= 15 is 0 Å². The van der Waals surface area contributed by atoms with Crippen LogP contribution in [0.2, 0.25) is 0 Å². The Morgan fingerprint density at radius 3 is 2.88 bits per heavy atom. The number of carbonyl (C=O) groups excluding carboxylic acids is 1. The summed E-state index contributed by atoms with van der Waals surface area (Å²) in [5, 5.41) is 0. The summed E-state index contributed by atoms with van der Waals surface area (Å²) in [6.45, 7) is 0.260. The molecule has 0 N–H and O–H groups in total. The second-order valence-corrected chi connectivity index (χ2v) is 4.71. The average molecular weight is 250 g/mol. The molecule has 0 radical (unpaired) electrons. The summed E-state index contributed by atoms with van der Waals surface area (Å²) in [6.07, 6.45) is 1.85. The number of hydrogen-bond acceptors (Lipinski definition) is 5. The molecule has 0 aliphatic carbocycles. The zero-order chi connectivity index (χ0) is 11.8. The maximum atomic E-state index is 11.5. The molecule has 5 heteroatoms. The molecule has 1 aromatic carbocycles. The fourth-order valence-electron chi connectivity index (χ4n) is 1.81. The maximum Gasteiger partial charge on any atom is 0.334 e. The Morgan fingerprint density at radius 2 is 2.12 bits per heavy atom. The lowest BCUT2D eigenvalue weighted by atomic mass is 10.1. The van der Waals surface area contributed by atoms with Gasteiger partial charge in [0.2, 0.25) is 6.79 Å². The molecule has 2 aliphatic rings. The Kier molecular flexibility index (Phi) is 2.48. The van der Waals surface area contributed by atoms with Crippen LogP contribution in [0.1, 0.15) is 5.56 Å². The van der Waals surface area contributed by atoms with E-state index in [9.17, 15) is 4.79 Å². The third-order valence-corrected chi connectivity index (χ3v) is 3.79. The van der Waals surface area contributed by atoms with Gasteiger partial charge in [0.05, 0.1) is 7.11 Å². The van der Waals surface area contributed by atoms with E-state index in [1.807, 2.05) is 18.2 Å². The van der Waals surface area contributed by atoms with Crippen LogP contribution >= 0.6 is 11.8 Å². The SMILES string of the molecule is COC(=O)C1=Cc2cc3c(cc2SC1)OCO3. The van der Waals surface area contributed by atoms with Crippen LogP contribution in [-0.2, 0) is 9.53 Å². The van der Waals surface area contributed by atoms with Gasteiger partial charge in [0.15, 0.2) is 11.5 Å². The summed E-state index contributed by atoms with van der Waals surface area (Å²) in [5.74, 6) is 1.85. The molecule has 2 aliphatic heterocycles. The summed E-state index contributed by atoms with van der Waals surface area (Å²) < 4.78 is 15.3. The van der Waals surface area contributed by atoms with Crippen molar-refractivity contribution in [2.75, 3.05) is 19.7 Å². The first kappa shape index (κ1) is 10.5. The molecule has 0 fully saturated rings. The molecule has 4 nitrogen and oxygen atoms in total. The van der Waals surface area contributed by atoms with Crippen LogP contribution in [0.25, 0.3) is 6.08 Å². The van der Waals surface area contributed by atoms with Gasteiger partial charge >= 0.3 is 5.97 Å². The van der Waals surface area contributed by atoms with Gasteiger partial charge in [-0.15, -0.1) is 11.8 Å². The zero-order valence-corrected chi connectivity index (χ0v) is 10.0.